The number of carbonyl (C=O) groups excluding carboxylic acids is 1. The third kappa shape index (κ3) is 3.11. The van der Waals surface area contributed by atoms with E-state index in [-0.39, 0.29) is 17.4 Å². The lowest BCUT2D eigenvalue weighted by Crippen LogP contribution is -2.17. The number of carbonyl (C=O) groups is 1. The van der Waals surface area contributed by atoms with Gasteiger partial charge in [-0.05, 0) is 42.5 Å². The van der Waals surface area contributed by atoms with Crippen LogP contribution in [0.5, 0.6) is 11.5 Å². The summed E-state index contributed by atoms with van der Waals surface area (Å²) in [5, 5.41) is 23.6. The average Bonchev–Trinajstić information content (AvgIpc) is 2.58. The van der Waals surface area contributed by atoms with Crippen LogP contribution in [0.4, 0.5) is 0 Å². The van der Waals surface area contributed by atoms with E-state index < -0.39 is 0 Å². The Labute approximate surface area is 131 Å². The highest BCUT2D eigenvalue weighted by Crippen LogP contribution is 2.24. The Bertz CT molecular complexity index is 889. The SMILES string of the molecule is O=C(NN=Cc1ccc(O)c2ncccc12)c1ccc(O)cc1. The first-order chi connectivity index (χ1) is 11.1. The van der Waals surface area contributed by atoms with Gasteiger partial charge in [-0.3, -0.25) is 9.78 Å². The van der Waals surface area contributed by atoms with Crippen molar-refractivity contribution >= 4 is 23.0 Å². The van der Waals surface area contributed by atoms with E-state index in [0.29, 0.717) is 11.1 Å². The first kappa shape index (κ1) is 14.5. The second-order valence-corrected chi connectivity index (χ2v) is 4.82. The van der Waals surface area contributed by atoms with Gasteiger partial charge in [-0.15, -0.1) is 0 Å². The minimum Gasteiger partial charge on any atom is -0.508 e. The lowest BCUT2D eigenvalue weighted by atomic mass is 10.1. The fraction of sp³-hybridized carbons (Fsp3) is 0. The molecule has 0 aliphatic carbocycles. The molecule has 2 aromatic carbocycles. The van der Waals surface area contributed by atoms with Gasteiger partial charge in [0.1, 0.15) is 17.0 Å². The summed E-state index contributed by atoms with van der Waals surface area (Å²) >= 11 is 0. The van der Waals surface area contributed by atoms with Gasteiger partial charge in [-0.25, -0.2) is 5.43 Å². The van der Waals surface area contributed by atoms with Crippen LogP contribution < -0.4 is 5.43 Å². The van der Waals surface area contributed by atoms with Crippen molar-refractivity contribution in [3.8, 4) is 11.5 Å². The number of phenols is 2. The predicted octanol–water partition coefficient (Wildman–Crippen LogP) is 2.41. The van der Waals surface area contributed by atoms with Crippen LogP contribution in [0.3, 0.4) is 0 Å². The smallest absolute Gasteiger partial charge is 0.271 e. The second-order valence-electron chi connectivity index (χ2n) is 4.82. The van der Waals surface area contributed by atoms with Crippen molar-refractivity contribution < 1.29 is 15.0 Å². The highest BCUT2D eigenvalue weighted by molar-refractivity contribution is 6.01. The number of hydrogen-bond acceptors (Lipinski definition) is 5. The number of fused-ring (bicyclic) bond motifs is 1. The molecule has 3 N–H and O–H groups in total. The number of aromatic hydroxyl groups is 2. The minimum atomic E-state index is -0.387. The summed E-state index contributed by atoms with van der Waals surface area (Å²) in [4.78, 5) is 16.0. The molecule has 0 aliphatic heterocycles. The van der Waals surface area contributed by atoms with Gasteiger partial charge in [0.15, 0.2) is 0 Å². The number of hydrazone groups is 1. The third-order valence-electron chi connectivity index (χ3n) is 3.28. The van der Waals surface area contributed by atoms with Gasteiger partial charge in [-0.2, -0.15) is 5.10 Å². The maximum Gasteiger partial charge on any atom is 0.271 e. The summed E-state index contributed by atoms with van der Waals surface area (Å²) in [5.41, 5.74) is 3.99. The molecule has 3 rings (SSSR count). The molecule has 1 heterocycles. The first-order valence-electron chi connectivity index (χ1n) is 6.84. The Morgan fingerprint density at radius 1 is 1.09 bits per heavy atom. The van der Waals surface area contributed by atoms with Crippen LogP contribution in [0.2, 0.25) is 0 Å². The van der Waals surface area contributed by atoms with Crippen molar-refractivity contribution in [3.05, 3.63) is 65.9 Å². The van der Waals surface area contributed by atoms with Gasteiger partial charge < -0.3 is 10.2 Å². The fourth-order valence-corrected chi connectivity index (χ4v) is 2.13. The molecule has 1 aromatic heterocycles. The molecule has 3 aromatic rings. The van der Waals surface area contributed by atoms with Crippen LogP contribution >= 0.6 is 0 Å². The van der Waals surface area contributed by atoms with Gasteiger partial charge in [0.2, 0.25) is 0 Å². The monoisotopic (exact) mass is 307 g/mol. The number of aromatic nitrogens is 1. The topological polar surface area (TPSA) is 94.8 Å². The highest BCUT2D eigenvalue weighted by Gasteiger charge is 2.05. The van der Waals surface area contributed by atoms with Crippen molar-refractivity contribution in [1.82, 2.24) is 10.4 Å². The molecule has 1 amide bonds. The van der Waals surface area contributed by atoms with Crippen molar-refractivity contribution in [3.63, 3.8) is 0 Å². The van der Waals surface area contributed by atoms with Gasteiger partial charge in [-0.1, -0.05) is 6.07 Å². The van der Waals surface area contributed by atoms with Gasteiger partial charge >= 0.3 is 0 Å². The Morgan fingerprint density at radius 3 is 2.65 bits per heavy atom. The average molecular weight is 307 g/mol. The molecule has 0 atom stereocenters. The maximum atomic E-state index is 11.9. The maximum absolute atomic E-state index is 11.9. The van der Waals surface area contributed by atoms with Crippen molar-refractivity contribution in [2.75, 3.05) is 0 Å². The van der Waals surface area contributed by atoms with Crippen LogP contribution in [-0.4, -0.2) is 27.3 Å². The summed E-state index contributed by atoms with van der Waals surface area (Å²) in [6.45, 7) is 0. The quantitative estimate of drug-likeness (QED) is 0.511. The standard InChI is InChI=1S/C17H13N3O3/c21-13-6-3-11(4-7-13)17(23)20-19-10-12-5-8-15(22)16-14(12)2-1-9-18-16/h1-10,21-22H,(H,20,23). The predicted molar refractivity (Wildman–Crippen MR) is 86.6 cm³/mol. The molecule has 0 saturated heterocycles. The zero-order valence-corrected chi connectivity index (χ0v) is 12.0. The molecule has 6 nitrogen and oxygen atoms in total. The lowest BCUT2D eigenvalue weighted by molar-refractivity contribution is 0.0955. The van der Waals surface area contributed by atoms with Crippen molar-refractivity contribution in [2.24, 2.45) is 5.10 Å². The van der Waals surface area contributed by atoms with Crippen LogP contribution in [0.25, 0.3) is 10.9 Å². The van der Waals surface area contributed by atoms with E-state index in [1.165, 1.54) is 36.5 Å². The van der Waals surface area contributed by atoms with Crippen molar-refractivity contribution in [1.29, 1.82) is 0 Å². The summed E-state index contributed by atoms with van der Waals surface area (Å²) in [6.07, 6.45) is 3.08. The van der Waals surface area contributed by atoms with Crippen LogP contribution in [0.15, 0.2) is 59.8 Å². The molecule has 6 heteroatoms. The Kier molecular flexibility index (Phi) is 3.88. The Hall–Kier alpha value is -3.41. The van der Waals surface area contributed by atoms with E-state index in [1.54, 1.807) is 18.3 Å². The number of phenolic OH excluding ortho intramolecular Hbond substituents is 2. The van der Waals surface area contributed by atoms with Gasteiger partial charge in [0.25, 0.3) is 5.91 Å². The van der Waals surface area contributed by atoms with E-state index in [2.05, 4.69) is 15.5 Å². The molecular weight excluding hydrogens is 294 g/mol. The van der Waals surface area contributed by atoms with Crippen LogP contribution in [0.1, 0.15) is 15.9 Å². The number of nitrogens with zero attached hydrogens (tertiary/aromatic N) is 2. The fourth-order valence-electron chi connectivity index (χ4n) is 2.13. The normalized spacial score (nSPS) is 11.0. The highest BCUT2D eigenvalue weighted by atomic mass is 16.3. The van der Waals surface area contributed by atoms with Crippen LogP contribution in [-0.2, 0) is 0 Å². The zero-order valence-electron chi connectivity index (χ0n) is 12.0. The molecule has 0 radical (unpaired) electrons. The Morgan fingerprint density at radius 2 is 1.87 bits per heavy atom. The molecule has 0 fully saturated rings. The molecule has 23 heavy (non-hydrogen) atoms. The molecule has 0 unspecified atom stereocenters. The largest absolute Gasteiger partial charge is 0.508 e. The summed E-state index contributed by atoms with van der Waals surface area (Å²) in [6, 6.07) is 12.6. The molecular formula is C17H13N3O3. The first-order valence-corrected chi connectivity index (χ1v) is 6.84. The number of benzene rings is 2. The molecule has 0 bridgehead atoms. The molecule has 114 valence electrons. The number of hydrogen-bond donors (Lipinski definition) is 3. The number of amides is 1. The third-order valence-corrected chi connectivity index (χ3v) is 3.28. The molecule has 0 spiro atoms. The minimum absolute atomic E-state index is 0.0888. The van der Waals surface area contributed by atoms with Gasteiger partial charge in [0, 0.05) is 22.7 Å². The Balaban J connectivity index is 1.80. The van der Waals surface area contributed by atoms with E-state index >= 15 is 0 Å². The van der Waals surface area contributed by atoms with E-state index in [4.69, 9.17) is 0 Å². The zero-order chi connectivity index (χ0) is 16.2. The van der Waals surface area contributed by atoms with E-state index in [1.807, 2.05) is 6.07 Å². The number of nitrogens with one attached hydrogen (secondary N) is 1. The van der Waals surface area contributed by atoms with Crippen molar-refractivity contribution in [2.45, 2.75) is 0 Å². The molecule has 0 aliphatic rings. The van der Waals surface area contributed by atoms with E-state index in [9.17, 15) is 15.0 Å². The second kappa shape index (κ2) is 6.15. The van der Waals surface area contributed by atoms with Crippen LogP contribution in [0, 0.1) is 0 Å². The number of pyridine rings is 1. The summed E-state index contributed by atoms with van der Waals surface area (Å²) < 4.78 is 0. The number of rotatable bonds is 3. The van der Waals surface area contributed by atoms with E-state index in [0.717, 1.165) is 10.9 Å². The summed E-state index contributed by atoms with van der Waals surface area (Å²) in [7, 11) is 0. The van der Waals surface area contributed by atoms with Gasteiger partial charge in [0.05, 0.1) is 6.21 Å². The molecule has 0 saturated carbocycles. The summed E-state index contributed by atoms with van der Waals surface area (Å²) in [5.74, 6) is -0.207. The lowest BCUT2D eigenvalue weighted by Gasteiger charge is -2.03.